The Morgan fingerprint density at radius 1 is 1.58 bits per heavy atom. The summed E-state index contributed by atoms with van der Waals surface area (Å²) in [5, 5.41) is 21.7. The summed E-state index contributed by atoms with van der Waals surface area (Å²) in [6.07, 6.45) is 2.70. The van der Waals surface area contributed by atoms with Crippen molar-refractivity contribution in [3.05, 3.63) is 23.3 Å². The lowest BCUT2D eigenvalue weighted by molar-refractivity contribution is -0.758. The van der Waals surface area contributed by atoms with Gasteiger partial charge in [-0.15, -0.1) is 11.8 Å². The van der Waals surface area contributed by atoms with Crippen LogP contribution in [0, 0.1) is 11.8 Å². The van der Waals surface area contributed by atoms with Crippen LogP contribution in [0.25, 0.3) is 0 Å². The van der Waals surface area contributed by atoms with Crippen LogP contribution in [0.2, 0.25) is 0 Å². The number of thioether (sulfide) groups is 1. The number of carbonyl (C=O) groups excluding carboxylic acids is 2. The fourth-order valence-electron chi connectivity index (χ4n) is 4.02. The number of β-lactam (4-membered cyclic amide) rings is 1. The van der Waals surface area contributed by atoms with Crippen molar-refractivity contribution >= 4 is 23.6 Å². The molecule has 1 unspecified atom stereocenters. The minimum absolute atomic E-state index is 0.0147. The molecule has 1 N–H and O–H groups in total. The molecule has 1 fully saturated rings. The number of amides is 1. The third kappa shape index (κ3) is 2.04. The first-order chi connectivity index (χ1) is 11.4. The number of hydrogen-bond acceptors (Lipinski definition) is 6. The third-order valence-electron chi connectivity index (χ3n) is 5.11. The van der Waals surface area contributed by atoms with Gasteiger partial charge in [0.2, 0.25) is 12.2 Å². The van der Waals surface area contributed by atoms with Crippen LogP contribution in [-0.2, 0) is 22.7 Å². The molecule has 0 saturated carbocycles. The average Bonchev–Trinajstić information content (AvgIpc) is 3.12. The molecule has 4 heterocycles. The first kappa shape index (κ1) is 15.6. The zero-order valence-electron chi connectivity index (χ0n) is 13.3. The fourth-order valence-corrected chi connectivity index (χ4v) is 5.48. The van der Waals surface area contributed by atoms with E-state index in [0.717, 1.165) is 13.1 Å². The second-order valence-electron chi connectivity index (χ2n) is 6.62. The Labute approximate surface area is 142 Å². The number of aliphatic hydroxyl groups is 1. The van der Waals surface area contributed by atoms with Crippen LogP contribution in [0.5, 0.6) is 0 Å². The van der Waals surface area contributed by atoms with Crippen LogP contribution < -0.4 is 9.79 Å². The highest BCUT2D eigenvalue weighted by Gasteiger charge is 2.59. The molecule has 1 aromatic heterocycles. The topological polar surface area (TPSA) is 102 Å². The van der Waals surface area contributed by atoms with Crippen LogP contribution in [0.3, 0.4) is 0 Å². The highest BCUT2D eigenvalue weighted by atomic mass is 32.2. The number of rotatable bonds is 4. The molecule has 0 aliphatic carbocycles. The van der Waals surface area contributed by atoms with E-state index in [4.69, 9.17) is 0 Å². The van der Waals surface area contributed by atoms with Gasteiger partial charge in [-0.05, 0) is 11.9 Å². The number of carboxylic acids is 1. The Kier molecular flexibility index (Phi) is 3.47. The zero-order chi connectivity index (χ0) is 17.2. The van der Waals surface area contributed by atoms with Gasteiger partial charge in [0.15, 0.2) is 0 Å². The van der Waals surface area contributed by atoms with E-state index in [1.54, 1.807) is 19.6 Å². The molecule has 0 aromatic carbocycles. The van der Waals surface area contributed by atoms with Gasteiger partial charge >= 0.3 is 6.33 Å². The highest BCUT2D eigenvalue weighted by molar-refractivity contribution is 8.03. The molecular formula is C15H18N4O4S. The lowest BCUT2D eigenvalue weighted by atomic mass is 9.79. The summed E-state index contributed by atoms with van der Waals surface area (Å²) in [5.74, 6) is -2.31. The van der Waals surface area contributed by atoms with Crippen molar-refractivity contribution < 1.29 is 24.5 Å². The van der Waals surface area contributed by atoms with Gasteiger partial charge in [0.1, 0.15) is 6.54 Å². The van der Waals surface area contributed by atoms with E-state index in [1.165, 1.54) is 16.7 Å². The molecule has 3 aliphatic heterocycles. The molecule has 9 heteroatoms. The minimum Gasteiger partial charge on any atom is -0.543 e. The molecule has 0 spiro atoms. The number of aliphatic hydroxyl groups excluding tert-OH is 1. The summed E-state index contributed by atoms with van der Waals surface area (Å²) >= 11 is 1.50. The first-order valence-corrected chi connectivity index (χ1v) is 8.81. The number of aliphatic carboxylic acids is 1. The summed E-state index contributed by atoms with van der Waals surface area (Å²) in [7, 11) is 0. The molecule has 3 aliphatic rings. The van der Waals surface area contributed by atoms with Crippen LogP contribution in [-0.4, -0.2) is 48.9 Å². The number of carboxylic acid groups (broad SMARTS) is 1. The Morgan fingerprint density at radius 2 is 2.33 bits per heavy atom. The van der Waals surface area contributed by atoms with E-state index in [-0.39, 0.29) is 28.8 Å². The predicted octanol–water partition coefficient (Wildman–Crippen LogP) is -1.89. The van der Waals surface area contributed by atoms with Crippen LogP contribution >= 0.6 is 11.8 Å². The van der Waals surface area contributed by atoms with E-state index in [1.807, 2.05) is 16.3 Å². The maximum Gasteiger partial charge on any atom is 0.306 e. The summed E-state index contributed by atoms with van der Waals surface area (Å²) in [5.41, 5.74) is -0.0147. The minimum atomic E-state index is -1.32. The van der Waals surface area contributed by atoms with E-state index in [9.17, 15) is 19.8 Å². The number of fused-ring (bicyclic) bond motifs is 2. The zero-order valence-corrected chi connectivity index (χ0v) is 14.1. The monoisotopic (exact) mass is 350 g/mol. The van der Waals surface area contributed by atoms with Gasteiger partial charge in [0, 0.05) is 10.8 Å². The van der Waals surface area contributed by atoms with Crippen LogP contribution in [0.1, 0.15) is 13.8 Å². The van der Waals surface area contributed by atoms with Gasteiger partial charge in [0.25, 0.3) is 0 Å². The molecule has 1 saturated heterocycles. The Balaban J connectivity index is 1.61. The van der Waals surface area contributed by atoms with Crippen molar-refractivity contribution in [3.8, 4) is 0 Å². The van der Waals surface area contributed by atoms with Crippen molar-refractivity contribution in [1.82, 2.24) is 14.6 Å². The third-order valence-corrected chi connectivity index (χ3v) is 6.56. The highest BCUT2D eigenvalue weighted by Crippen LogP contribution is 2.51. The van der Waals surface area contributed by atoms with Gasteiger partial charge < -0.3 is 19.9 Å². The maximum atomic E-state index is 12.3. The molecule has 4 rings (SSSR count). The first-order valence-electron chi connectivity index (χ1n) is 7.93. The van der Waals surface area contributed by atoms with Crippen molar-refractivity contribution in [2.45, 2.75) is 44.3 Å². The van der Waals surface area contributed by atoms with E-state index in [2.05, 4.69) is 4.98 Å². The Hall–Kier alpha value is -1.87. The second kappa shape index (κ2) is 5.32. The molecule has 128 valence electrons. The van der Waals surface area contributed by atoms with Gasteiger partial charge in [-0.1, -0.05) is 6.92 Å². The number of nitrogens with zero attached hydrogens (tertiary/aromatic N) is 4. The maximum absolute atomic E-state index is 12.3. The second-order valence-corrected chi connectivity index (χ2v) is 7.96. The van der Waals surface area contributed by atoms with Gasteiger partial charge in [-0.2, -0.15) is 9.36 Å². The standard InChI is InChI=1S/C15H18N4O4S/c1-7-11-10(8(2)20)14(21)19(11)12(15(22)23)13(7)24-9-3-17-5-16-6-18(17)4-9/h5-11,20H,3-4H2,1-2H3/t7-,8?,10+,11-/m1/s1. The molecule has 0 bridgehead atoms. The normalized spacial score (nSPS) is 32.6. The predicted molar refractivity (Wildman–Crippen MR) is 80.8 cm³/mol. The van der Waals surface area contributed by atoms with Gasteiger partial charge in [0.05, 0.1) is 41.5 Å². The number of carbonyl (C=O) groups is 2. The summed E-state index contributed by atoms with van der Waals surface area (Å²) in [6.45, 7) is 4.96. The largest absolute Gasteiger partial charge is 0.543 e. The van der Waals surface area contributed by atoms with Crippen molar-refractivity contribution in [2.75, 3.05) is 0 Å². The Bertz CT molecular complexity index is 738. The van der Waals surface area contributed by atoms with Crippen LogP contribution in [0.4, 0.5) is 0 Å². The van der Waals surface area contributed by atoms with Crippen molar-refractivity contribution in [3.63, 3.8) is 0 Å². The lowest BCUT2D eigenvalue weighted by Gasteiger charge is -2.47. The fraction of sp³-hybridized carbons (Fsp3) is 0.600. The molecular weight excluding hydrogens is 332 g/mol. The van der Waals surface area contributed by atoms with E-state index >= 15 is 0 Å². The average molecular weight is 350 g/mol. The molecule has 0 radical (unpaired) electrons. The molecule has 8 nitrogen and oxygen atoms in total. The van der Waals surface area contributed by atoms with Crippen LogP contribution in [0.15, 0.2) is 23.3 Å². The summed E-state index contributed by atoms with van der Waals surface area (Å²) < 4.78 is 3.96. The van der Waals surface area contributed by atoms with Gasteiger partial charge in [-0.25, -0.2) is 0 Å². The number of aromatic nitrogens is 3. The lowest BCUT2D eigenvalue weighted by Crippen LogP contribution is -2.64. The summed E-state index contributed by atoms with van der Waals surface area (Å²) in [6, 6.07) is -0.289. The van der Waals surface area contributed by atoms with Crippen molar-refractivity contribution in [1.29, 1.82) is 0 Å². The molecule has 4 atom stereocenters. The van der Waals surface area contributed by atoms with E-state index in [0.29, 0.717) is 4.91 Å². The smallest absolute Gasteiger partial charge is 0.306 e. The van der Waals surface area contributed by atoms with E-state index < -0.39 is 18.0 Å². The van der Waals surface area contributed by atoms with Crippen molar-refractivity contribution in [2.24, 2.45) is 11.8 Å². The number of hydrogen-bond donors (Lipinski definition) is 1. The molecule has 1 aromatic rings. The molecule has 24 heavy (non-hydrogen) atoms. The van der Waals surface area contributed by atoms with Gasteiger partial charge in [-0.3, -0.25) is 4.79 Å². The summed E-state index contributed by atoms with van der Waals surface area (Å²) in [4.78, 5) is 30.0. The molecule has 1 amide bonds. The quantitative estimate of drug-likeness (QED) is 0.503. The Morgan fingerprint density at radius 3 is 2.96 bits per heavy atom. The SMILES string of the molecule is CC(O)[C@@H]1C(=O)N2C(C(=O)[O-])=C(SC3Cn4cnc[n+]4C3)[C@H](C)[C@H]12.